The molecule has 0 bridgehead atoms. The van der Waals surface area contributed by atoms with Crippen molar-refractivity contribution in [1.82, 2.24) is 9.13 Å². The van der Waals surface area contributed by atoms with Crippen LogP contribution in [0.1, 0.15) is 0 Å². The molecule has 12 rings (SSSR count). The Kier molecular flexibility index (Phi) is 8.00. The van der Waals surface area contributed by atoms with Gasteiger partial charge in [0, 0.05) is 77.7 Å². The minimum atomic E-state index is 0.627. The number of rotatable bonds is 4. The molecule has 0 saturated heterocycles. The number of fused-ring (bicyclic) bond motifs is 12. The molecule has 0 saturated carbocycles. The molecule has 12 aromatic rings. The van der Waals surface area contributed by atoms with E-state index < -0.39 is 0 Å². The summed E-state index contributed by atoms with van der Waals surface area (Å²) in [5.74, 6) is 0.627. The zero-order valence-corrected chi connectivity index (χ0v) is 32.9. The summed E-state index contributed by atoms with van der Waals surface area (Å²) in [5.41, 5.74) is 7.24. The number of thiophene rings is 2. The van der Waals surface area contributed by atoms with Gasteiger partial charge in [-0.2, -0.15) is 0 Å². The van der Waals surface area contributed by atoms with E-state index in [1.165, 1.54) is 84.3 Å². The Balaban J connectivity index is 0.000000130. The quantitative estimate of drug-likeness (QED) is 0.180. The highest BCUT2D eigenvalue weighted by Gasteiger charge is 2.15. The van der Waals surface area contributed by atoms with Crippen molar-refractivity contribution in [3.05, 3.63) is 174 Å². The number of hydrogen-bond donors (Lipinski definition) is 1. The summed E-state index contributed by atoms with van der Waals surface area (Å²) >= 11 is 7.24. The maximum Gasteiger partial charge on any atom is 0.569 e. The summed E-state index contributed by atoms with van der Waals surface area (Å²) in [4.78, 5) is 0. The summed E-state index contributed by atoms with van der Waals surface area (Å²) < 4.78 is 16.1. The van der Waals surface area contributed by atoms with E-state index in [0.717, 1.165) is 23.2 Å². The molecule has 0 spiro atoms. The minimum Gasteiger partial charge on any atom is -0.537 e. The molecule has 8 heteroatoms. The van der Waals surface area contributed by atoms with Crippen molar-refractivity contribution in [2.75, 3.05) is 0 Å². The lowest BCUT2D eigenvalue weighted by Crippen LogP contribution is -1.99. The predicted octanol–water partition coefficient (Wildman–Crippen LogP) is 14.0. The lowest BCUT2D eigenvalue weighted by molar-refractivity contribution is 0.454. The SMILES string of the molecule is Brc1ccc2sc3ccc(-n4c5ccccc5c5ccccc54)cc3c2c1.O[B]Oc1ccc2sc3ccc(-n4c5ccccc5c5ccccc54)cc3c2c1. The van der Waals surface area contributed by atoms with Crippen LogP contribution >= 0.6 is 38.6 Å². The van der Waals surface area contributed by atoms with Gasteiger partial charge in [-0.3, -0.25) is 0 Å². The maximum absolute atomic E-state index is 8.98. The van der Waals surface area contributed by atoms with Crippen molar-refractivity contribution in [3.63, 3.8) is 0 Å². The average Bonchev–Trinajstić information content (AvgIpc) is 3.98. The fourth-order valence-electron chi connectivity index (χ4n) is 8.30. The van der Waals surface area contributed by atoms with Crippen molar-refractivity contribution >= 4 is 130 Å². The van der Waals surface area contributed by atoms with Gasteiger partial charge in [0.1, 0.15) is 5.75 Å². The van der Waals surface area contributed by atoms with Crippen molar-refractivity contribution in [1.29, 1.82) is 0 Å². The minimum absolute atomic E-state index is 0.627. The first-order valence-electron chi connectivity index (χ1n) is 18.3. The van der Waals surface area contributed by atoms with Gasteiger partial charge in [0.05, 0.1) is 22.1 Å². The van der Waals surface area contributed by atoms with Crippen LogP contribution in [0.5, 0.6) is 5.75 Å². The molecule has 8 aromatic carbocycles. The monoisotopic (exact) mass is 819 g/mol. The Hall–Kier alpha value is -5.90. The van der Waals surface area contributed by atoms with Gasteiger partial charge in [-0.1, -0.05) is 88.7 Å². The molecule has 0 aliphatic rings. The van der Waals surface area contributed by atoms with Crippen LogP contribution in [0.3, 0.4) is 0 Å². The first kappa shape index (κ1) is 33.4. The van der Waals surface area contributed by atoms with E-state index in [4.69, 9.17) is 9.68 Å². The van der Waals surface area contributed by atoms with E-state index in [2.05, 4.69) is 177 Å². The molecule has 0 aliphatic carbocycles. The highest BCUT2D eigenvalue weighted by Crippen LogP contribution is 2.40. The largest absolute Gasteiger partial charge is 0.569 e. The summed E-state index contributed by atoms with van der Waals surface area (Å²) in [6.07, 6.45) is 0. The number of hydrogen-bond acceptors (Lipinski definition) is 4. The highest BCUT2D eigenvalue weighted by atomic mass is 79.9. The van der Waals surface area contributed by atoms with Crippen LogP contribution in [0, 0.1) is 0 Å². The van der Waals surface area contributed by atoms with Crippen molar-refractivity contribution in [2.45, 2.75) is 0 Å². The molecule has 1 N–H and O–H groups in total. The number of benzene rings is 8. The van der Waals surface area contributed by atoms with Gasteiger partial charge in [0.25, 0.3) is 0 Å². The first-order valence-corrected chi connectivity index (χ1v) is 20.7. The van der Waals surface area contributed by atoms with Gasteiger partial charge in [-0.05, 0) is 97.1 Å². The molecular formula is C48H29BBrN2O2S2. The van der Waals surface area contributed by atoms with Crippen molar-refractivity contribution in [2.24, 2.45) is 0 Å². The van der Waals surface area contributed by atoms with E-state index in [1.807, 2.05) is 29.5 Å². The maximum atomic E-state index is 8.98. The molecule has 265 valence electrons. The second-order valence-corrected chi connectivity index (χ2v) is 16.9. The van der Waals surface area contributed by atoms with Gasteiger partial charge >= 0.3 is 7.69 Å². The normalized spacial score (nSPS) is 11.8. The van der Waals surface area contributed by atoms with Crippen LogP contribution in [0.4, 0.5) is 0 Å². The molecule has 4 nitrogen and oxygen atoms in total. The van der Waals surface area contributed by atoms with E-state index in [1.54, 1.807) is 11.3 Å². The summed E-state index contributed by atoms with van der Waals surface area (Å²) in [5, 5.41) is 19.0. The molecule has 1 radical (unpaired) electrons. The number of nitrogens with zero attached hydrogens (tertiary/aromatic N) is 2. The van der Waals surface area contributed by atoms with Gasteiger partial charge in [-0.15, -0.1) is 22.7 Å². The van der Waals surface area contributed by atoms with Gasteiger partial charge < -0.3 is 18.8 Å². The molecule has 0 atom stereocenters. The summed E-state index contributed by atoms with van der Waals surface area (Å²) in [7, 11) is 0.721. The lowest BCUT2D eigenvalue weighted by atomic mass is 10.1. The first-order chi connectivity index (χ1) is 27.6. The Morgan fingerprint density at radius 3 is 1.23 bits per heavy atom. The van der Waals surface area contributed by atoms with Crippen LogP contribution in [0.2, 0.25) is 0 Å². The van der Waals surface area contributed by atoms with Crippen LogP contribution < -0.4 is 4.65 Å². The van der Waals surface area contributed by atoms with Crippen molar-refractivity contribution in [3.8, 4) is 17.1 Å². The summed E-state index contributed by atoms with van der Waals surface area (Å²) in [6, 6.07) is 60.3. The van der Waals surface area contributed by atoms with Crippen LogP contribution in [-0.4, -0.2) is 21.8 Å². The third-order valence-electron chi connectivity index (χ3n) is 10.7. The van der Waals surface area contributed by atoms with Gasteiger partial charge in [-0.25, -0.2) is 0 Å². The van der Waals surface area contributed by atoms with E-state index >= 15 is 0 Å². The molecule has 4 heterocycles. The summed E-state index contributed by atoms with van der Waals surface area (Å²) in [6.45, 7) is 0. The third kappa shape index (κ3) is 5.36. The second-order valence-electron chi connectivity index (χ2n) is 13.8. The lowest BCUT2D eigenvalue weighted by Gasteiger charge is -2.08. The highest BCUT2D eigenvalue weighted by molar-refractivity contribution is 9.10. The van der Waals surface area contributed by atoms with Crippen LogP contribution in [-0.2, 0) is 0 Å². The molecule has 0 unspecified atom stereocenters. The zero-order valence-electron chi connectivity index (χ0n) is 29.7. The molecule has 0 aliphatic heterocycles. The number of aromatic nitrogens is 2. The molecule has 4 aromatic heterocycles. The Labute approximate surface area is 338 Å². The van der Waals surface area contributed by atoms with Gasteiger partial charge in [0.15, 0.2) is 0 Å². The van der Waals surface area contributed by atoms with Crippen LogP contribution in [0.25, 0.3) is 95.3 Å². The Morgan fingerprint density at radius 1 is 0.411 bits per heavy atom. The smallest absolute Gasteiger partial charge is 0.537 e. The fourth-order valence-corrected chi connectivity index (χ4v) is 10.8. The van der Waals surface area contributed by atoms with Crippen molar-refractivity contribution < 1.29 is 9.68 Å². The molecular weight excluding hydrogens is 791 g/mol. The third-order valence-corrected chi connectivity index (χ3v) is 13.5. The topological polar surface area (TPSA) is 39.3 Å². The fraction of sp³-hybridized carbons (Fsp3) is 0. The average molecular weight is 821 g/mol. The number of halogens is 1. The zero-order chi connectivity index (χ0) is 37.3. The second kappa shape index (κ2) is 13.4. The predicted molar refractivity (Wildman–Crippen MR) is 244 cm³/mol. The van der Waals surface area contributed by atoms with E-state index in [0.29, 0.717) is 5.75 Å². The van der Waals surface area contributed by atoms with E-state index in [9.17, 15) is 0 Å². The van der Waals surface area contributed by atoms with Crippen LogP contribution in [0.15, 0.2) is 174 Å². The molecule has 56 heavy (non-hydrogen) atoms. The molecule has 0 fully saturated rings. The Morgan fingerprint density at radius 2 is 0.786 bits per heavy atom. The molecule has 0 amide bonds. The van der Waals surface area contributed by atoms with E-state index in [-0.39, 0.29) is 0 Å². The Bertz CT molecular complexity index is 3380. The number of para-hydroxylation sites is 4. The standard InChI is InChI=1S/C24H15BNO2S.C24H14BrNS/c27-25-28-16-10-12-24-20(14-16)19-13-15(9-11-23(19)29-24)26-21-7-3-1-5-17(21)18-6-2-4-8-22(18)26;25-15-9-11-23-19(13-15)20-14-16(10-12-24(20)27-23)26-21-7-3-1-5-17(21)18-6-2-4-8-22(18)26/h1-14,27H;1-14H. The van der Waals surface area contributed by atoms with Gasteiger partial charge in [0.2, 0.25) is 0 Å².